The van der Waals surface area contributed by atoms with Gasteiger partial charge in [0.1, 0.15) is 11.8 Å². The SMILES string of the molecule is CCC(C(=O)NC)N(Cc1cccc(OC)c1)C(=O)CCCN(c1cc(Cl)ccc1C)S(C)(=O)=O. The second kappa shape index (κ2) is 12.8. The summed E-state index contributed by atoms with van der Waals surface area (Å²) in [6.45, 7) is 3.99. The number of hydrogen-bond donors (Lipinski definition) is 1. The normalized spacial score (nSPS) is 12.1. The third-order valence-corrected chi connectivity index (χ3v) is 7.13. The molecule has 2 aromatic rings. The number of benzene rings is 2. The van der Waals surface area contributed by atoms with Gasteiger partial charge in [0.05, 0.1) is 19.1 Å². The molecular formula is C25H34ClN3O5S. The topological polar surface area (TPSA) is 96.0 Å². The van der Waals surface area contributed by atoms with E-state index in [9.17, 15) is 18.0 Å². The highest BCUT2D eigenvalue weighted by Crippen LogP contribution is 2.27. The smallest absolute Gasteiger partial charge is 0.242 e. The number of ether oxygens (including phenoxy) is 1. The van der Waals surface area contributed by atoms with Crippen LogP contribution in [0, 0.1) is 6.92 Å². The first kappa shape index (κ1) is 28.5. The number of carbonyl (C=O) groups is 2. The summed E-state index contributed by atoms with van der Waals surface area (Å²) < 4.78 is 31.6. The molecule has 0 radical (unpaired) electrons. The zero-order valence-electron chi connectivity index (χ0n) is 20.9. The molecule has 0 spiro atoms. The summed E-state index contributed by atoms with van der Waals surface area (Å²) in [5.74, 6) is 0.166. The Kier molecular flexibility index (Phi) is 10.4. The number of anilines is 1. The number of likely N-dealkylation sites (N-methyl/N-ethyl adjacent to an activating group) is 1. The molecule has 0 aromatic heterocycles. The van der Waals surface area contributed by atoms with Crippen molar-refractivity contribution in [1.29, 1.82) is 0 Å². The van der Waals surface area contributed by atoms with Crippen molar-refractivity contribution in [2.24, 2.45) is 0 Å². The Morgan fingerprint density at radius 1 is 1.17 bits per heavy atom. The van der Waals surface area contributed by atoms with Crippen LogP contribution < -0.4 is 14.4 Å². The molecule has 8 nitrogen and oxygen atoms in total. The lowest BCUT2D eigenvalue weighted by atomic mass is 10.1. The van der Waals surface area contributed by atoms with Gasteiger partial charge in [-0.1, -0.05) is 36.7 Å². The summed E-state index contributed by atoms with van der Waals surface area (Å²) in [5, 5.41) is 3.06. The van der Waals surface area contributed by atoms with Crippen LogP contribution in [-0.4, -0.2) is 58.1 Å². The molecule has 0 aliphatic carbocycles. The molecule has 2 rings (SSSR count). The molecule has 2 amide bonds. The van der Waals surface area contributed by atoms with Crippen molar-refractivity contribution >= 4 is 39.1 Å². The fourth-order valence-corrected chi connectivity index (χ4v) is 5.07. The van der Waals surface area contributed by atoms with Crippen molar-refractivity contribution in [3.8, 4) is 5.75 Å². The van der Waals surface area contributed by atoms with E-state index in [0.717, 1.165) is 17.4 Å². The number of hydrogen-bond acceptors (Lipinski definition) is 5. The zero-order valence-corrected chi connectivity index (χ0v) is 22.4. The van der Waals surface area contributed by atoms with E-state index >= 15 is 0 Å². The molecule has 35 heavy (non-hydrogen) atoms. The number of sulfonamides is 1. The van der Waals surface area contributed by atoms with Gasteiger partial charge in [-0.2, -0.15) is 0 Å². The van der Waals surface area contributed by atoms with Crippen LogP contribution in [0.25, 0.3) is 0 Å². The quantitative estimate of drug-likeness (QED) is 0.457. The minimum Gasteiger partial charge on any atom is -0.497 e. The number of methoxy groups -OCH3 is 1. The van der Waals surface area contributed by atoms with Gasteiger partial charge in [-0.3, -0.25) is 13.9 Å². The summed E-state index contributed by atoms with van der Waals surface area (Å²) in [6, 6.07) is 11.7. The average molecular weight is 524 g/mol. The Labute approximate surface area is 213 Å². The van der Waals surface area contributed by atoms with Crippen molar-refractivity contribution in [1.82, 2.24) is 10.2 Å². The third kappa shape index (κ3) is 7.86. The molecule has 0 fully saturated rings. The molecule has 1 atom stereocenters. The Balaban J connectivity index is 2.24. The van der Waals surface area contributed by atoms with E-state index in [-0.39, 0.29) is 37.7 Å². The van der Waals surface area contributed by atoms with Crippen molar-refractivity contribution in [2.75, 3.05) is 31.3 Å². The van der Waals surface area contributed by atoms with Crippen LogP contribution in [0.3, 0.4) is 0 Å². The molecule has 1 N–H and O–H groups in total. The van der Waals surface area contributed by atoms with Crippen molar-refractivity contribution in [3.05, 3.63) is 58.6 Å². The van der Waals surface area contributed by atoms with E-state index in [2.05, 4.69) is 5.32 Å². The van der Waals surface area contributed by atoms with Crippen LogP contribution in [-0.2, 0) is 26.2 Å². The van der Waals surface area contributed by atoms with E-state index in [1.807, 2.05) is 31.2 Å². The Morgan fingerprint density at radius 2 is 1.89 bits per heavy atom. The van der Waals surface area contributed by atoms with E-state index in [1.165, 1.54) is 11.4 Å². The lowest BCUT2D eigenvalue weighted by molar-refractivity contribution is -0.141. The van der Waals surface area contributed by atoms with Gasteiger partial charge in [0.25, 0.3) is 0 Å². The molecule has 192 valence electrons. The summed E-state index contributed by atoms with van der Waals surface area (Å²) in [5.41, 5.74) is 2.07. The number of rotatable bonds is 12. The number of nitrogens with one attached hydrogen (secondary N) is 1. The standard InChI is InChI=1S/C25H34ClN3O5S/c1-6-22(25(31)27-3)28(17-19-9-7-10-21(15-19)34-4)24(30)11-8-14-29(35(5,32)33)23-16-20(26)13-12-18(23)2/h7,9-10,12-13,15-16,22H,6,8,11,14,17H2,1-5H3,(H,27,31). The number of carbonyl (C=O) groups excluding carboxylic acids is 2. The van der Waals surface area contributed by atoms with E-state index < -0.39 is 16.1 Å². The number of halogens is 1. The van der Waals surface area contributed by atoms with Gasteiger partial charge >= 0.3 is 0 Å². The van der Waals surface area contributed by atoms with Crippen LogP contribution >= 0.6 is 11.6 Å². The molecule has 2 aromatic carbocycles. The van der Waals surface area contributed by atoms with Crippen LogP contribution in [0.1, 0.15) is 37.3 Å². The molecule has 0 aliphatic rings. The minimum absolute atomic E-state index is 0.0725. The van der Waals surface area contributed by atoms with E-state index in [1.54, 1.807) is 37.1 Å². The Hall–Kier alpha value is -2.78. The van der Waals surface area contributed by atoms with Gasteiger partial charge < -0.3 is 15.0 Å². The fraction of sp³-hybridized carbons (Fsp3) is 0.440. The van der Waals surface area contributed by atoms with Gasteiger partial charge in [0.2, 0.25) is 21.8 Å². The lowest BCUT2D eigenvalue weighted by Gasteiger charge is -2.31. The maximum absolute atomic E-state index is 13.3. The maximum Gasteiger partial charge on any atom is 0.242 e. The second-order valence-electron chi connectivity index (χ2n) is 8.28. The first-order chi connectivity index (χ1) is 16.5. The zero-order chi connectivity index (χ0) is 26.2. The minimum atomic E-state index is -3.60. The molecule has 0 saturated carbocycles. The summed E-state index contributed by atoms with van der Waals surface area (Å²) in [6.07, 6.45) is 1.91. The predicted molar refractivity (Wildman–Crippen MR) is 139 cm³/mol. The highest BCUT2D eigenvalue weighted by atomic mass is 35.5. The molecule has 0 heterocycles. The summed E-state index contributed by atoms with van der Waals surface area (Å²) >= 11 is 6.10. The highest BCUT2D eigenvalue weighted by molar-refractivity contribution is 7.92. The first-order valence-electron chi connectivity index (χ1n) is 11.4. The molecule has 0 saturated heterocycles. The monoisotopic (exact) mass is 523 g/mol. The van der Waals surface area contributed by atoms with Crippen LogP contribution in [0.5, 0.6) is 5.75 Å². The molecule has 0 aliphatic heterocycles. The van der Waals surface area contributed by atoms with Gasteiger partial charge in [0.15, 0.2) is 0 Å². The van der Waals surface area contributed by atoms with Crippen LogP contribution in [0.15, 0.2) is 42.5 Å². The third-order valence-electron chi connectivity index (χ3n) is 5.71. The Bertz CT molecular complexity index is 1140. The highest BCUT2D eigenvalue weighted by Gasteiger charge is 2.28. The van der Waals surface area contributed by atoms with Gasteiger partial charge in [-0.25, -0.2) is 8.42 Å². The summed E-state index contributed by atoms with van der Waals surface area (Å²) in [7, 11) is -0.494. The van der Waals surface area contributed by atoms with Crippen molar-refractivity contribution in [3.63, 3.8) is 0 Å². The average Bonchev–Trinajstić information content (AvgIpc) is 2.82. The predicted octanol–water partition coefficient (Wildman–Crippen LogP) is 3.76. The van der Waals surface area contributed by atoms with Crippen LogP contribution in [0.4, 0.5) is 5.69 Å². The number of amides is 2. The summed E-state index contributed by atoms with van der Waals surface area (Å²) in [4.78, 5) is 27.4. The van der Waals surface area contributed by atoms with E-state index in [0.29, 0.717) is 22.9 Å². The van der Waals surface area contributed by atoms with Crippen molar-refractivity contribution in [2.45, 2.75) is 45.7 Å². The van der Waals surface area contributed by atoms with Gasteiger partial charge in [0, 0.05) is 31.6 Å². The molecular weight excluding hydrogens is 490 g/mol. The molecule has 1 unspecified atom stereocenters. The molecule has 10 heteroatoms. The first-order valence-corrected chi connectivity index (χ1v) is 13.6. The maximum atomic E-state index is 13.3. The van der Waals surface area contributed by atoms with E-state index in [4.69, 9.17) is 16.3 Å². The Morgan fingerprint density at radius 3 is 2.49 bits per heavy atom. The number of nitrogens with zero attached hydrogens (tertiary/aromatic N) is 2. The largest absolute Gasteiger partial charge is 0.497 e. The molecule has 0 bridgehead atoms. The van der Waals surface area contributed by atoms with Crippen molar-refractivity contribution < 1.29 is 22.7 Å². The van der Waals surface area contributed by atoms with Gasteiger partial charge in [-0.15, -0.1) is 0 Å². The van der Waals surface area contributed by atoms with Crippen LogP contribution in [0.2, 0.25) is 5.02 Å². The fourth-order valence-electron chi connectivity index (χ4n) is 3.89. The lowest BCUT2D eigenvalue weighted by Crippen LogP contribution is -2.48. The number of aryl methyl sites for hydroxylation is 1. The van der Waals surface area contributed by atoms with Gasteiger partial charge in [-0.05, 0) is 55.2 Å². The second-order valence-corrected chi connectivity index (χ2v) is 10.6.